The number of amides is 8. The van der Waals surface area contributed by atoms with Crippen molar-refractivity contribution in [1.82, 2.24) is 36.4 Å². The Kier molecular flexibility index (Phi) is 17.2. The number of likely N-dealkylation sites (N-methyl/N-ethyl adjacent to an activating group) is 1. The first kappa shape index (κ1) is 51.9. The Morgan fingerprint density at radius 3 is 2.14 bits per heavy atom. The molecule has 70 heavy (non-hydrogen) atoms. The smallest absolute Gasteiger partial charge is 0.251 e. The Morgan fingerprint density at radius 2 is 1.49 bits per heavy atom. The molecule has 4 aromatic rings. The van der Waals surface area contributed by atoms with Crippen LogP contribution in [0.5, 0.6) is 11.5 Å². The second-order valence-corrected chi connectivity index (χ2v) is 17.9. The van der Waals surface area contributed by atoms with Crippen LogP contribution < -0.4 is 38.1 Å². The number of hydrogen-bond acceptors (Lipinski definition) is 11. The van der Waals surface area contributed by atoms with Gasteiger partial charge in [0, 0.05) is 41.7 Å². The average molecular weight is 981 g/mol. The molecule has 0 aliphatic carbocycles. The molecule has 19 nitrogen and oxygen atoms in total. The van der Waals surface area contributed by atoms with Gasteiger partial charge < -0.3 is 58.1 Å². The fourth-order valence-corrected chi connectivity index (χ4v) is 8.68. The monoisotopic (exact) mass is 979 g/mol. The fraction of sp³-hybridized carbons (Fsp3) is 0.360. The first-order valence-electron chi connectivity index (χ1n) is 22.9. The highest BCUT2D eigenvalue weighted by Crippen LogP contribution is 2.39. The van der Waals surface area contributed by atoms with Gasteiger partial charge in [0.15, 0.2) is 0 Å². The number of halogens is 1. The Bertz CT molecular complexity index is 2630. The number of unbranched alkanes of at least 4 members (excludes halogenated alkanes) is 1. The van der Waals surface area contributed by atoms with Gasteiger partial charge in [0.25, 0.3) is 5.91 Å². The molecule has 4 bridgehead atoms. The first-order chi connectivity index (χ1) is 33.4. The number of carbonyl (C=O) groups excluding carboxylic acids is 8. The molecule has 0 spiro atoms. The quantitative estimate of drug-likeness (QED) is 0.0778. The highest BCUT2D eigenvalue weighted by Gasteiger charge is 2.39. The second kappa shape index (κ2) is 23.2. The lowest BCUT2D eigenvalue weighted by Crippen LogP contribution is -2.58. The molecule has 370 valence electrons. The molecular weight excluding hydrogens is 922 g/mol. The first-order valence-corrected chi connectivity index (χ1v) is 23.3. The topological polar surface area (TPSA) is 296 Å². The number of aromatic hydroxyl groups is 2. The van der Waals surface area contributed by atoms with Crippen molar-refractivity contribution in [2.24, 2.45) is 11.5 Å². The van der Waals surface area contributed by atoms with Crippen LogP contribution in [0, 0.1) is 0 Å². The number of phenolic OH excluding ortho intramolecular Hbond substituents is 2. The van der Waals surface area contributed by atoms with Crippen LogP contribution in [0.2, 0.25) is 5.02 Å². The van der Waals surface area contributed by atoms with Gasteiger partial charge in [0.2, 0.25) is 41.4 Å². The number of hydrogen-bond donors (Lipinski definition) is 9. The molecule has 0 unspecified atom stereocenters. The molecule has 1 saturated heterocycles. The molecule has 11 N–H and O–H groups in total. The van der Waals surface area contributed by atoms with Gasteiger partial charge in [0.1, 0.15) is 47.8 Å². The van der Waals surface area contributed by atoms with Crippen LogP contribution in [0.4, 0.5) is 0 Å². The summed E-state index contributed by atoms with van der Waals surface area (Å²) in [6.07, 6.45) is 1.76. The lowest BCUT2D eigenvalue weighted by atomic mass is 9.93. The van der Waals surface area contributed by atoms with E-state index in [0.29, 0.717) is 42.8 Å². The molecule has 6 rings (SSSR count). The van der Waals surface area contributed by atoms with Gasteiger partial charge in [-0.1, -0.05) is 48.0 Å². The third-order valence-electron chi connectivity index (χ3n) is 12.4. The summed E-state index contributed by atoms with van der Waals surface area (Å²) in [7, 11) is 1.37. The van der Waals surface area contributed by atoms with Crippen molar-refractivity contribution in [2.75, 3.05) is 26.7 Å². The Balaban J connectivity index is 1.27. The molecule has 2 aliphatic heterocycles. The van der Waals surface area contributed by atoms with Crippen LogP contribution in [-0.4, -0.2) is 124 Å². The zero-order valence-corrected chi connectivity index (χ0v) is 39.8. The van der Waals surface area contributed by atoms with E-state index in [9.17, 15) is 48.6 Å². The van der Waals surface area contributed by atoms with Crippen molar-refractivity contribution in [1.29, 1.82) is 0 Å². The number of rotatable bonds is 15. The third-order valence-corrected chi connectivity index (χ3v) is 12.6. The minimum atomic E-state index is -1.49. The van der Waals surface area contributed by atoms with E-state index in [4.69, 9.17) is 23.1 Å². The SMILES string of the molecule is C[C@@H]1NC(=O)[C@@H](N(C)C(=O)[C@H](CCCCN)NC(=O)c2ccc(-c3ccc(Cl)cc3)cc2)c2ccc(O)c(c2)-c2cc(ccc2O)C[C@@H](C(=O)N[C@@H](C)C(=O)N2CCC[C@H]2C(=O)NCC(N)=O)NC1=O. The molecule has 0 radical (unpaired) electrons. The summed E-state index contributed by atoms with van der Waals surface area (Å²) in [5, 5.41) is 36.2. The van der Waals surface area contributed by atoms with E-state index in [1.165, 1.54) is 62.2 Å². The van der Waals surface area contributed by atoms with Crippen molar-refractivity contribution in [3.05, 3.63) is 107 Å². The maximum atomic E-state index is 14.7. The van der Waals surface area contributed by atoms with Crippen molar-refractivity contribution >= 4 is 58.9 Å². The summed E-state index contributed by atoms with van der Waals surface area (Å²) in [4.78, 5) is 111. The van der Waals surface area contributed by atoms with Gasteiger partial charge in [-0.2, -0.15) is 0 Å². The highest BCUT2D eigenvalue weighted by atomic mass is 35.5. The Hall–Kier alpha value is -7.51. The van der Waals surface area contributed by atoms with E-state index < -0.39 is 90.1 Å². The van der Waals surface area contributed by atoms with E-state index in [1.807, 2.05) is 12.1 Å². The van der Waals surface area contributed by atoms with Crippen molar-refractivity contribution in [2.45, 2.75) is 88.6 Å². The van der Waals surface area contributed by atoms with E-state index in [0.717, 1.165) is 16.0 Å². The molecule has 8 amide bonds. The average Bonchev–Trinajstić information content (AvgIpc) is 3.83. The van der Waals surface area contributed by atoms with Crippen LogP contribution in [0.25, 0.3) is 22.3 Å². The number of fused-ring (bicyclic) bond motifs is 5. The summed E-state index contributed by atoms with van der Waals surface area (Å²) in [6, 6.07) is 15.1. The maximum Gasteiger partial charge on any atom is 0.251 e. The van der Waals surface area contributed by atoms with Crippen LogP contribution in [0.1, 0.15) is 73.5 Å². The van der Waals surface area contributed by atoms with Crippen molar-refractivity contribution in [3.8, 4) is 33.8 Å². The summed E-state index contributed by atoms with van der Waals surface area (Å²) in [5.74, 6) is -6.14. The highest BCUT2D eigenvalue weighted by molar-refractivity contribution is 6.30. The molecule has 1 fully saturated rings. The molecule has 0 aromatic heterocycles. The van der Waals surface area contributed by atoms with E-state index >= 15 is 0 Å². The predicted octanol–water partition coefficient (Wildman–Crippen LogP) is 2.16. The van der Waals surface area contributed by atoms with Gasteiger partial charge >= 0.3 is 0 Å². The third kappa shape index (κ3) is 12.6. The number of nitrogens with zero attached hydrogens (tertiary/aromatic N) is 2. The summed E-state index contributed by atoms with van der Waals surface area (Å²) < 4.78 is 0. The van der Waals surface area contributed by atoms with E-state index in [2.05, 4.69) is 26.6 Å². The zero-order chi connectivity index (χ0) is 50.8. The fourth-order valence-electron chi connectivity index (χ4n) is 8.56. The molecule has 0 saturated carbocycles. The number of primary amides is 1. The van der Waals surface area contributed by atoms with Gasteiger partial charge in [-0.25, -0.2) is 0 Å². The molecule has 2 heterocycles. The predicted molar refractivity (Wildman–Crippen MR) is 260 cm³/mol. The summed E-state index contributed by atoms with van der Waals surface area (Å²) in [5.41, 5.74) is 13.7. The zero-order valence-electron chi connectivity index (χ0n) is 39.0. The minimum absolute atomic E-state index is 0.0692. The van der Waals surface area contributed by atoms with Gasteiger partial charge in [-0.05, 0) is 123 Å². The lowest BCUT2D eigenvalue weighted by molar-refractivity contribution is -0.142. The number of benzene rings is 4. The summed E-state index contributed by atoms with van der Waals surface area (Å²) >= 11 is 6.06. The van der Waals surface area contributed by atoms with E-state index in [-0.39, 0.29) is 53.1 Å². The maximum absolute atomic E-state index is 14.7. The molecule has 4 aromatic carbocycles. The number of phenols is 2. The van der Waals surface area contributed by atoms with Crippen LogP contribution in [-0.2, 0) is 40.0 Å². The molecule has 20 heteroatoms. The summed E-state index contributed by atoms with van der Waals surface area (Å²) in [6.45, 7) is 2.92. The number of likely N-dealkylation sites (tertiary alicyclic amines) is 1. The van der Waals surface area contributed by atoms with Crippen LogP contribution >= 0.6 is 11.6 Å². The lowest BCUT2D eigenvalue weighted by Gasteiger charge is -2.32. The largest absolute Gasteiger partial charge is 0.507 e. The molecule has 6 atom stereocenters. The van der Waals surface area contributed by atoms with Crippen molar-refractivity contribution in [3.63, 3.8) is 0 Å². The van der Waals surface area contributed by atoms with E-state index in [1.54, 1.807) is 36.4 Å². The number of carbonyl (C=O) groups is 8. The van der Waals surface area contributed by atoms with Crippen molar-refractivity contribution < 1.29 is 48.6 Å². The Labute approximate surface area is 409 Å². The van der Waals surface area contributed by atoms with Gasteiger partial charge in [0.05, 0.1) is 6.54 Å². The number of nitrogens with two attached hydrogens (primary N) is 2. The molecule has 2 aliphatic rings. The normalized spacial score (nSPS) is 18.8. The van der Waals surface area contributed by atoms with Gasteiger partial charge in [-0.15, -0.1) is 0 Å². The number of nitrogens with one attached hydrogen (secondary N) is 5. The van der Waals surface area contributed by atoms with Gasteiger partial charge in [-0.3, -0.25) is 38.4 Å². The van der Waals surface area contributed by atoms with Crippen LogP contribution in [0.15, 0.2) is 84.9 Å². The second-order valence-electron chi connectivity index (χ2n) is 17.5. The van der Waals surface area contributed by atoms with Crippen LogP contribution in [0.3, 0.4) is 0 Å². The molecular formula is C50H58ClN9O10. The minimum Gasteiger partial charge on any atom is -0.507 e. The standard InChI is InChI=1S/C50H58ClN9O10/c1-27-44(64)58-38(46(66)56-28(2)49(69)60-22-6-8-39(60)47(67)54-26-42(53)63)24-29-9-19-40(61)35(23-29)36-25-33(16-20-41(36)62)43(48(68)55-27)59(3)50(70)37(7-4-5-21-52)57-45(65)32-12-10-30(11-13-32)31-14-17-34(51)18-15-31/h9-20,23,25,27-28,37-39,43,61-62H,4-8,21-22,24,26,52H2,1-3H3,(H2,53,63)(H,54,67)(H,55,68)(H,56,66)(H,57,65)(H,58,64)/t27-,28-,37-,38-,39-,43-/m0/s1. The Morgan fingerprint density at radius 1 is 0.843 bits per heavy atom.